The first-order chi connectivity index (χ1) is 10.6. The number of nitrogens with zero attached hydrogens (tertiary/aromatic N) is 3. The van der Waals surface area contributed by atoms with Gasteiger partial charge in [0.1, 0.15) is 5.69 Å². The van der Waals surface area contributed by atoms with Crippen LogP contribution in [0.2, 0.25) is 5.02 Å². The number of aromatic nitrogens is 4. The SMILES string of the molecule is O=C(Nc1cnn(-c2ccccc2Cl)c1)c1ccc(=O)[nH]n1. The average Bonchev–Trinajstić information content (AvgIpc) is 2.96. The fourth-order valence-corrected chi connectivity index (χ4v) is 2.05. The standard InChI is InChI=1S/C14H10ClN5O2/c15-10-3-1-2-4-12(10)20-8-9(7-16-20)17-14(22)11-5-6-13(21)19-18-11/h1-8H,(H,17,22)(H,19,21). The molecule has 0 spiro atoms. The molecule has 0 aliphatic rings. The smallest absolute Gasteiger partial charge is 0.276 e. The summed E-state index contributed by atoms with van der Waals surface area (Å²) in [6, 6.07) is 9.79. The van der Waals surface area contributed by atoms with Crippen LogP contribution in [0.15, 0.2) is 53.6 Å². The zero-order valence-electron chi connectivity index (χ0n) is 11.2. The molecule has 110 valence electrons. The van der Waals surface area contributed by atoms with Gasteiger partial charge in [-0.05, 0) is 18.2 Å². The van der Waals surface area contributed by atoms with E-state index in [1.807, 2.05) is 18.2 Å². The number of hydrogen-bond acceptors (Lipinski definition) is 4. The van der Waals surface area contributed by atoms with Crippen LogP contribution in [-0.4, -0.2) is 25.9 Å². The van der Waals surface area contributed by atoms with E-state index >= 15 is 0 Å². The van der Waals surface area contributed by atoms with Crippen LogP contribution in [0, 0.1) is 0 Å². The van der Waals surface area contributed by atoms with Gasteiger partial charge in [0.05, 0.1) is 28.8 Å². The third kappa shape index (κ3) is 2.89. The number of halogens is 1. The van der Waals surface area contributed by atoms with E-state index in [-0.39, 0.29) is 11.3 Å². The Morgan fingerprint density at radius 3 is 2.77 bits per heavy atom. The van der Waals surface area contributed by atoms with Crippen LogP contribution in [0.25, 0.3) is 5.69 Å². The Hall–Kier alpha value is -2.93. The summed E-state index contributed by atoms with van der Waals surface area (Å²) < 4.78 is 1.55. The molecule has 0 aliphatic carbocycles. The molecular formula is C14H10ClN5O2. The second-order valence-electron chi connectivity index (χ2n) is 4.39. The van der Waals surface area contributed by atoms with Crippen LogP contribution in [0.5, 0.6) is 0 Å². The van der Waals surface area contributed by atoms with Crippen molar-refractivity contribution >= 4 is 23.2 Å². The quantitative estimate of drug-likeness (QED) is 0.771. The maximum atomic E-state index is 12.0. The number of hydrogen-bond donors (Lipinski definition) is 2. The van der Waals surface area contributed by atoms with E-state index in [4.69, 9.17) is 11.6 Å². The molecule has 2 aromatic heterocycles. The lowest BCUT2D eigenvalue weighted by Gasteiger charge is -2.03. The van der Waals surface area contributed by atoms with Gasteiger partial charge in [-0.1, -0.05) is 23.7 Å². The Morgan fingerprint density at radius 2 is 2.05 bits per heavy atom. The van der Waals surface area contributed by atoms with Crippen molar-refractivity contribution in [2.24, 2.45) is 0 Å². The molecule has 8 heteroatoms. The van der Waals surface area contributed by atoms with Crippen LogP contribution < -0.4 is 10.9 Å². The molecule has 22 heavy (non-hydrogen) atoms. The van der Waals surface area contributed by atoms with E-state index < -0.39 is 5.91 Å². The molecule has 7 nitrogen and oxygen atoms in total. The molecule has 0 fully saturated rings. The second kappa shape index (κ2) is 5.82. The Balaban J connectivity index is 1.80. The highest BCUT2D eigenvalue weighted by Gasteiger charge is 2.10. The number of H-pyrrole nitrogens is 1. The van der Waals surface area contributed by atoms with Gasteiger partial charge in [0, 0.05) is 6.07 Å². The van der Waals surface area contributed by atoms with E-state index in [1.54, 1.807) is 16.9 Å². The minimum Gasteiger partial charge on any atom is -0.318 e. The van der Waals surface area contributed by atoms with Crippen molar-refractivity contribution in [2.75, 3.05) is 5.32 Å². The van der Waals surface area contributed by atoms with Crippen LogP contribution in [0.3, 0.4) is 0 Å². The highest BCUT2D eigenvalue weighted by Crippen LogP contribution is 2.20. The summed E-state index contributed by atoms with van der Waals surface area (Å²) in [4.78, 5) is 22.9. The topological polar surface area (TPSA) is 92.7 Å². The molecule has 0 saturated heterocycles. The Bertz CT molecular complexity index is 866. The zero-order valence-corrected chi connectivity index (χ0v) is 11.9. The number of carbonyl (C=O) groups excluding carboxylic acids is 1. The van der Waals surface area contributed by atoms with Gasteiger partial charge in [0.25, 0.3) is 11.5 Å². The first-order valence-corrected chi connectivity index (χ1v) is 6.68. The molecule has 0 saturated carbocycles. The molecule has 3 aromatic rings. The number of nitrogens with one attached hydrogen (secondary N) is 2. The molecule has 1 aromatic carbocycles. The van der Waals surface area contributed by atoms with E-state index in [9.17, 15) is 9.59 Å². The van der Waals surface area contributed by atoms with Crippen molar-refractivity contribution in [3.63, 3.8) is 0 Å². The van der Waals surface area contributed by atoms with Gasteiger partial charge in [-0.15, -0.1) is 0 Å². The van der Waals surface area contributed by atoms with E-state index in [2.05, 4.69) is 20.6 Å². The molecule has 0 radical (unpaired) electrons. The summed E-state index contributed by atoms with van der Waals surface area (Å²) in [7, 11) is 0. The first-order valence-electron chi connectivity index (χ1n) is 6.30. The fourth-order valence-electron chi connectivity index (χ4n) is 1.82. The predicted octanol–water partition coefficient (Wildman–Crippen LogP) is 1.86. The molecule has 0 unspecified atom stereocenters. The summed E-state index contributed by atoms with van der Waals surface area (Å²) in [6.07, 6.45) is 3.12. The van der Waals surface area contributed by atoms with Crippen LogP contribution >= 0.6 is 11.6 Å². The van der Waals surface area contributed by atoms with E-state index in [0.29, 0.717) is 16.4 Å². The van der Waals surface area contributed by atoms with Gasteiger partial charge in [-0.25, -0.2) is 9.78 Å². The van der Waals surface area contributed by atoms with Gasteiger partial charge < -0.3 is 5.32 Å². The fraction of sp³-hybridized carbons (Fsp3) is 0. The average molecular weight is 316 g/mol. The highest BCUT2D eigenvalue weighted by atomic mass is 35.5. The third-order valence-electron chi connectivity index (χ3n) is 2.85. The number of para-hydroxylation sites is 1. The lowest BCUT2D eigenvalue weighted by molar-refractivity contribution is 0.102. The summed E-state index contributed by atoms with van der Waals surface area (Å²) in [6.45, 7) is 0. The van der Waals surface area contributed by atoms with Gasteiger partial charge >= 0.3 is 0 Å². The van der Waals surface area contributed by atoms with Gasteiger partial charge in [0.2, 0.25) is 0 Å². The minimum absolute atomic E-state index is 0.102. The third-order valence-corrected chi connectivity index (χ3v) is 3.17. The predicted molar refractivity (Wildman–Crippen MR) is 81.4 cm³/mol. The monoisotopic (exact) mass is 315 g/mol. The normalized spacial score (nSPS) is 10.4. The summed E-state index contributed by atoms with van der Waals surface area (Å²) in [5.74, 6) is -0.449. The molecule has 0 aliphatic heterocycles. The number of amides is 1. The summed E-state index contributed by atoms with van der Waals surface area (Å²) >= 11 is 6.09. The van der Waals surface area contributed by atoms with Crippen LogP contribution in [-0.2, 0) is 0 Å². The Labute approximate surface area is 129 Å². The molecule has 2 heterocycles. The second-order valence-corrected chi connectivity index (χ2v) is 4.79. The van der Waals surface area contributed by atoms with Crippen molar-refractivity contribution in [2.45, 2.75) is 0 Å². The van der Waals surface area contributed by atoms with Gasteiger partial charge in [0.15, 0.2) is 0 Å². The van der Waals surface area contributed by atoms with Crippen LogP contribution in [0.1, 0.15) is 10.5 Å². The number of carbonyl (C=O) groups is 1. The molecule has 1 amide bonds. The number of aromatic amines is 1. The van der Waals surface area contributed by atoms with E-state index in [1.165, 1.54) is 18.3 Å². The lowest BCUT2D eigenvalue weighted by atomic mass is 10.3. The summed E-state index contributed by atoms with van der Waals surface area (Å²) in [5.41, 5.74) is 0.915. The van der Waals surface area contributed by atoms with Crippen molar-refractivity contribution in [3.05, 3.63) is 69.9 Å². The van der Waals surface area contributed by atoms with E-state index in [0.717, 1.165) is 0 Å². The maximum Gasteiger partial charge on any atom is 0.276 e. The number of anilines is 1. The number of benzene rings is 1. The molecular weight excluding hydrogens is 306 g/mol. The largest absolute Gasteiger partial charge is 0.318 e. The molecule has 2 N–H and O–H groups in total. The number of rotatable bonds is 3. The molecule has 0 bridgehead atoms. The Morgan fingerprint density at radius 1 is 1.23 bits per heavy atom. The van der Waals surface area contributed by atoms with Gasteiger partial charge in [-0.2, -0.15) is 10.2 Å². The summed E-state index contributed by atoms with van der Waals surface area (Å²) in [5, 5.41) is 13.2. The van der Waals surface area contributed by atoms with Gasteiger partial charge in [-0.3, -0.25) is 9.59 Å². The lowest BCUT2D eigenvalue weighted by Crippen LogP contribution is -2.17. The van der Waals surface area contributed by atoms with Crippen molar-refractivity contribution < 1.29 is 4.79 Å². The molecule has 3 rings (SSSR count). The minimum atomic E-state index is -0.449. The highest BCUT2D eigenvalue weighted by molar-refractivity contribution is 6.32. The molecule has 0 atom stereocenters. The first kappa shape index (κ1) is 14.0. The Kier molecular flexibility index (Phi) is 3.71. The van der Waals surface area contributed by atoms with Crippen molar-refractivity contribution in [1.29, 1.82) is 0 Å². The van der Waals surface area contributed by atoms with Crippen LogP contribution in [0.4, 0.5) is 5.69 Å². The maximum absolute atomic E-state index is 12.0. The van der Waals surface area contributed by atoms with Crippen molar-refractivity contribution in [1.82, 2.24) is 20.0 Å². The zero-order chi connectivity index (χ0) is 15.5. The van der Waals surface area contributed by atoms with Crippen molar-refractivity contribution in [3.8, 4) is 5.69 Å².